The van der Waals surface area contributed by atoms with Crippen LogP contribution in [-0.2, 0) is 20.7 Å². The van der Waals surface area contributed by atoms with Crippen LogP contribution in [0.2, 0.25) is 5.02 Å². The Morgan fingerprint density at radius 1 is 1.10 bits per heavy atom. The van der Waals surface area contributed by atoms with Crippen LogP contribution < -0.4 is 10.6 Å². The second-order valence-electron chi connectivity index (χ2n) is 8.68. The Bertz CT molecular complexity index is 1740. The van der Waals surface area contributed by atoms with Crippen LogP contribution >= 0.6 is 11.6 Å². The summed E-state index contributed by atoms with van der Waals surface area (Å²) in [4.78, 5) is 42.4. The minimum Gasteiger partial charge on any atom is -0.465 e. The molecule has 2 aromatic carbocycles. The van der Waals surface area contributed by atoms with E-state index in [4.69, 9.17) is 16.3 Å². The van der Waals surface area contributed by atoms with E-state index < -0.39 is 23.8 Å². The Morgan fingerprint density at radius 3 is 2.68 bits per heavy atom. The first-order chi connectivity index (χ1) is 19.9. The van der Waals surface area contributed by atoms with E-state index in [1.165, 1.54) is 47.0 Å². The van der Waals surface area contributed by atoms with Gasteiger partial charge >= 0.3 is 5.97 Å². The normalized spacial score (nSPS) is 11.9. The van der Waals surface area contributed by atoms with Gasteiger partial charge in [0.2, 0.25) is 17.8 Å². The molecule has 41 heavy (non-hydrogen) atoms. The third kappa shape index (κ3) is 6.59. The highest BCUT2D eigenvalue weighted by molar-refractivity contribution is 6.30. The molecule has 5 rings (SSSR count). The Labute approximate surface area is 237 Å². The molecule has 0 spiro atoms. The van der Waals surface area contributed by atoms with Crippen molar-refractivity contribution in [2.45, 2.75) is 12.5 Å². The lowest BCUT2D eigenvalue weighted by atomic mass is 10.1. The lowest BCUT2D eigenvalue weighted by Gasteiger charge is -2.17. The summed E-state index contributed by atoms with van der Waals surface area (Å²) >= 11 is 6.16. The predicted octanol–water partition coefficient (Wildman–Crippen LogP) is 2.52. The maximum absolute atomic E-state index is 13.3. The first-order valence-corrected chi connectivity index (χ1v) is 12.6. The number of esters is 1. The molecular weight excluding hydrogens is 550 g/mol. The highest BCUT2D eigenvalue weighted by Gasteiger charge is 2.22. The number of hydrogen-bond acceptors (Lipinski definition) is 9. The number of benzene rings is 2. The van der Waals surface area contributed by atoms with Gasteiger partial charge in [-0.15, -0.1) is 10.2 Å². The molecule has 0 aliphatic carbocycles. The van der Waals surface area contributed by atoms with E-state index in [9.17, 15) is 14.4 Å². The van der Waals surface area contributed by atoms with Gasteiger partial charge in [-0.05, 0) is 52.4 Å². The minimum absolute atomic E-state index is 0.00452. The van der Waals surface area contributed by atoms with Crippen molar-refractivity contribution in [1.82, 2.24) is 40.1 Å². The van der Waals surface area contributed by atoms with Gasteiger partial charge < -0.3 is 10.1 Å². The maximum Gasteiger partial charge on any atom is 0.338 e. The van der Waals surface area contributed by atoms with Gasteiger partial charge in [0, 0.05) is 29.3 Å². The van der Waals surface area contributed by atoms with Gasteiger partial charge in [0.1, 0.15) is 12.4 Å². The van der Waals surface area contributed by atoms with Crippen LogP contribution in [0.1, 0.15) is 21.5 Å². The van der Waals surface area contributed by atoms with E-state index in [0.717, 1.165) is 5.56 Å². The number of amides is 2. The van der Waals surface area contributed by atoms with Crippen LogP contribution in [0.25, 0.3) is 17.4 Å². The smallest absolute Gasteiger partial charge is 0.338 e. The summed E-state index contributed by atoms with van der Waals surface area (Å²) < 4.78 is 7.58. The van der Waals surface area contributed by atoms with E-state index >= 15 is 0 Å². The fourth-order valence-corrected chi connectivity index (χ4v) is 4.14. The topological polar surface area (TPSA) is 158 Å². The zero-order valence-corrected chi connectivity index (χ0v) is 22.3. The van der Waals surface area contributed by atoms with Gasteiger partial charge in [-0.1, -0.05) is 41.9 Å². The molecule has 1 atom stereocenters. The average molecular weight is 572 g/mol. The molecule has 5 aromatic rings. The monoisotopic (exact) mass is 571 g/mol. The molecule has 206 valence electrons. The van der Waals surface area contributed by atoms with Crippen molar-refractivity contribution in [2.75, 3.05) is 12.4 Å². The zero-order valence-electron chi connectivity index (χ0n) is 21.5. The number of rotatable bonds is 9. The number of halogens is 1. The maximum atomic E-state index is 13.3. The highest BCUT2D eigenvalue weighted by atomic mass is 35.5. The van der Waals surface area contributed by atoms with Gasteiger partial charge in [-0.3, -0.25) is 14.9 Å². The number of pyridine rings is 1. The Hall–Kier alpha value is -5.43. The number of carbonyl (C=O) groups is 3. The van der Waals surface area contributed by atoms with Crippen LogP contribution in [0, 0.1) is 0 Å². The Kier molecular flexibility index (Phi) is 8.06. The highest BCUT2D eigenvalue weighted by Crippen LogP contribution is 2.20. The minimum atomic E-state index is -0.967. The molecule has 0 radical (unpaired) electrons. The molecule has 0 fully saturated rings. The van der Waals surface area contributed by atoms with Gasteiger partial charge in [-0.2, -0.15) is 9.67 Å². The van der Waals surface area contributed by atoms with Gasteiger partial charge in [0.25, 0.3) is 0 Å². The average Bonchev–Trinajstić information content (AvgIpc) is 3.65. The van der Waals surface area contributed by atoms with Crippen molar-refractivity contribution in [3.8, 4) is 5.69 Å². The SMILES string of the molecule is COC(=O)c1ccn2nc(NC(=O)[C@H](Cc3ccccc3)NC(=O)C=Cc3cc(Cl)ccc3-n3cnnn3)nc2c1. The van der Waals surface area contributed by atoms with Gasteiger partial charge in [0.05, 0.1) is 18.4 Å². The lowest BCUT2D eigenvalue weighted by Crippen LogP contribution is -2.44. The summed E-state index contributed by atoms with van der Waals surface area (Å²) in [6.07, 6.45) is 6.00. The number of nitrogens with zero attached hydrogens (tertiary/aromatic N) is 7. The van der Waals surface area contributed by atoms with Crippen molar-refractivity contribution >= 4 is 47.1 Å². The Morgan fingerprint density at radius 2 is 1.93 bits per heavy atom. The van der Waals surface area contributed by atoms with Crippen molar-refractivity contribution < 1.29 is 19.1 Å². The molecule has 0 aliphatic rings. The van der Waals surface area contributed by atoms with Gasteiger partial charge in [0.15, 0.2) is 5.65 Å². The standard InChI is InChI=1S/C27H22ClN9O4/c1-41-26(40)19-11-12-36-23(15-19)31-27(33-36)32-25(39)21(13-17-5-3-2-4-6-17)30-24(38)10-7-18-14-20(28)8-9-22(18)37-16-29-34-35-37/h2-12,14-16,21H,13H2,1H3,(H,30,38)(H,32,33,39)/t21-/m0/s1. The summed E-state index contributed by atoms with van der Waals surface area (Å²) in [5.41, 5.74) is 2.64. The van der Waals surface area contributed by atoms with Crippen molar-refractivity contribution in [3.05, 3.63) is 101 Å². The largest absolute Gasteiger partial charge is 0.465 e. The van der Waals surface area contributed by atoms with E-state index in [1.54, 1.807) is 24.3 Å². The van der Waals surface area contributed by atoms with E-state index in [0.29, 0.717) is 21.9 Å². The second kappa shape index (κ2) is 12.2. The molecule has 0 aliphatic heterocycles. The fraction of sp³-hybridized carbons (Fsp3) is 0.111. The second-order valence-corrected chi connectivity index (χ2v) is 9.11. The molecule has 3 heterocycles. The number of methoxy groups -OCH3 is 1. The zero-order chi connectivity index (χ0) is 28.8. The predicted molar refractivity (Wildman–Crippen MR) is 148 cm³/mol. The molecule has 2 amide bonds. The number of aromatic nitrogens is 7. The number of ether oxygens (including phenoxy) is 1. The van der Waals surface area contributed by atoms with E-state index in [-0.39, 0.29) is 17.9 Å². The number of anilines is 1. The van der Waals surface area contributed by atoms with Crippen LogP contribution in [0.15, 0.2) is 79.3 Å². The summed E-state index contributed by atoms with van der Waals surface area (Å²) in [6, 6.07) is 16.4. The lowest BCUT2D eigenvalue weighted by molar-refractivity contribution is -0.123. The third-order valence-corrected chi connectivity index (χ3v) is 6.14. The molecule has 14 heteroatoms. The fourth-order valence-electron chi connectivity index (χ4n) is 3.96. The molecule has 0 bridgehead atoms. The van der Waals surface area contributed by atoms with Crippen LogP contribution in [0.5, 0.6) is 0 Å². The summed E-state index contributed by atoms with van der Waals surface area (Å²) in [5, 5.41) is 21.3. The number of carbonyl (C=O) groups excluding carboxylic acids is 3. The number of nitrogens with one attached hydrogen (secondary N) is 2. The number of fused-ring (bicyclic) bond motifs is 1. The van der Waals surface area contributed by atoms with E-state index in [2.05, 4.69) is 36.2 Å². The third-order valence-electron chi connectivity index (χ3n) is 5.91. The summed E-state index contributed by atoms with van der Waals surface area (Å²) in [7, 11) is 1.28. The van der Waals surface area contributed by atoms with Crippen LogP contribution in [0.3, 0.4) is 0 Å². The molecule has 0 saturated heterocycles. The van der Waals surface area contributed by atoms with E-state index in [1.807, 2.05) is 30.3 Å². The van der Waals surface area contributed by atoms with Crippen molar-refractivity contribution in [1.29, 1.82) is 0 Å². The first-order valence-electron chi connectivity index (χ1n) is 12.2. The van der Waals surface area contributed by atoms with Gasteiger partial charge in [-0.25, -0.2) is 9.31 Å². The molecule has 0 unspecified atom stereocenters. The molecule has 0 saturated carbocycles. The number of hydrogen-bond donors (Lipinski definition) is 2. The molecule has 2 N–H and O–H groups in total. The molecule has 3 aromatic heterocycles. The first kappa shape index (κ1) is 27.1. The molecular formula is C27H22ClN9O4. The van der Waals surface area contributed by atoms with Crippen LogP contribution in [0.4, 0.5) is 5.95 Å². The summed E-state index contributed by atoms with van der Waals surface area (Å²) in [6.45, 7) is 0. The van der Waals surface area contributed by atoms with Crippen molar-refractivity contribution in [3.63, 3.8) is 0 Å². The van der Waals surface area contributed by atoms with Crippen LogP contribution in [-0.4, -0.2) is 65.7 Å². The molecule has 13 nitrogen and oxygen atoms in total. The summed E-state index contributed by atoms with van der Waals surface area (Å²) in [5.74, 6) is -1.57. The van der Waals surface area contributed by atoms with Crippen molar-refractivity contribution in [2.24, 2.45) is 0 Å². The number of tetrazole rings is 1. The Balaban J connectivity index is 1.35. The quantitative estimate of drug-likeness (QED) is 0.200.